The van der Waals surface area contributed by atoms with Crippen LogP contribution in [0.4, 0.5) is 0 Å². The van der Waals surface area contributed by atoms with E-state index < -0.39 is 0 Å². The van der Waals surface area contributed by atoms with Gasteiger partial charge in [0.1, 0.15) is 0 Å². The van der Waals surface area contributed by atoms with Crippen molar-refractivity contribution < 1.29 is 14.0 Å². The van der Waals surface area contributed by atoms with Crippen LogP contribution in [0.2, 0.25) is 0 Å². The lowest BCUT2D eigenvalue weighted by atomic mass is 9.91. The molecule has 0 radical (unpaired) electrons. The molecule has 0 aliphatic carbocycles. The van der Waals surface area contributed by atoms with Crippen LogP contribution in [0.25, 0.3) is 0 Å². The lowest BCUT2D eigenvalue weighted by Gasteiger charge is -2.28. The number of carbonyl (C=O) groups excluding carboxylic acids is 1. The van der Waals surface area contributed by atoms with Gasteiger partial charge >= 0.3 is 5.97 Å². The number of nitrogens with zero attached hydrogens (tertiary/aromatic N) is 1. The molecule has 0 N–H and O–H groups in total. The van der Waals surface area contributed by atoms with Crippen LogP contribution in [-0.2, 0) is 9.53 Å². The van der Waals surface area contributed by atoms with Gasteiger partial charge in [-0.25, -0.2) is 0 Å². The largest absolute Gasteiger partial charge is 0.465 e. The van der Waals surface area contributed by atoms with Crippen molar-refractivity contribution in [3.63, 3.8) is 0 Å². The molecule has 0 rings (SSSR count). The van der Waals surface area contributed by atoms with E-state index in [1.165, 1.54) is 0 Å². The molecule has 0 aromatic heterocycles. The Morgan fingerprint density at radius 2 is 1.76 bits per heavy atom. The van der Waals surface area contributed by atoms with E-state index in [1.807, 2.05) is 20.8 Å². The average Bonchev–Trinajstić information content (AvgIpc) is 2.28. The first-order chi connectivity index (χ1) is 7.75. The fraction of sp³-hybridized carbons (Fsp3) is 0.929. The fourth-order valence-electron chi connectivity index (χ4n) is 1.30. The standard InChI is InChI=1S/C14H30NO2/c1-7-14(3,4)13(16)17-12-10-9-11-15(5,6)8-2/h7-12H2,1-6H3/q+1. The van der Waals surface area contributed by atoms with Gasteiger partial charge in [-0.1, -0.05) is 6.92 Å². The van der Waals surface area contributed by atoms with Crippen LogP contribution in [0, 0.1) is 5.41 Å². The van der Waals surface area contributed by atoms with E-state index in [-0.39, 0.29) is 11.4 Å². The summed E-state index contributed by atoms with van der Waals surface area (Å²) in [5.41, 5.74) is -0.335. The van der Waals surface area contributed by atoms with Crippen LogP contribution in [-0.4, -0.2) is 44.2 Å². The van der Waals surface area contributed by atoms with Crippen molar-refractivity contribution in [2.24, 2.45) is 5.41 Å². The Kier molecular flexibility index (Phi) is 6.76. The maximum absolute atomic E-state index is 11.7. The Hall–Kier alpha value is -0.570. The van der Waals surface area contributed by atoms with Crippen LogP contribution in [0.3, 0.4) is 0 Å². The van der Waals surface area contributed by atoms with E-state index in [2.05, 4.69) is 21.0 Å². The third-order valence-electron chi connectivity index (χ3n) is 3.68. The highest BCUT2D eigenvalue weighted by Crippen LogP contribution is 2.21. The fourth-order valence-corrected chi connectivity index (χ4v) is 1.30. The van der Waals surface area contributed by atoms with E-state index in [9.17, 15) is 4.79 Å². The van der Waals surface area contributed by atoms with Crippen LogP contribution in [0.15, 0.2) is 0 Å². The smallest absolute Gasteiger partial charge is 0.311 e. The van der Waals surface area contributed by atoms with Gasteiger partial charge in [-0.3, -0.25) is 4.79 Å². The highest BCUT2D eigenvalue weighted by atomic mass is 16.5. The van der Waals surface area contributed by atoms with Crippen molar-refractivity contribution in [2.75, 3.05) is 33.8 Å². The van der Waals surface area contributed by atoms with E-state index in [0.717, 1.165) is 36.8 Å². The van der Waals surface area contributed by atoms with Crippen molar-refractivity contribution in [1.82, 2.24) is 0 Å². The number of carbonyl (C=O) groups is 1. The second-order valence-corrected chi connectivity index (χ2v) is 6.06. The van der Waals surface area contributed by atoms with E-state index in [4.69, 9.17) is 4.74 Å². The first-order valence-electron chi connectivity index (χ1n) is 6.74. The molecular formula is C14H30NO2+. The first kappa shape index (κ1) is 16.4. The molecule has 0 unspecified atom stereocenters. The van der Waals surface area contributed by atoms with E-state index in [1.54, 1.807) is 0 Å². The molecule has 0 fully saturated rings. The van der Waals surface area contributed by atoms with Gasteiger partial charge in [0.25, 0.3) is 0 Å². The van der Waals surface area contributed by atoms with Gasteiger partial charge in [-0.2, -0.15) is 0 Å². The zero-order valence-corrected chi connectivity index (χ0v) is 12.5. The topological polar surface area (TPSA) is 26.3 Å². The summed E-state index contributed by atoms with van der Waals surface area (Å²) in [4.78, 5) is 11.7. The highest BCUT2D eigenvalue weighted by Gasteiger charge is 2.26. The van der Waals surface area contributed by atoms with Crippen LogP contribution < -0.4 is 0 Å². The molecule has 0 bridgehead atoms. The second-order valence-electron chi connectivity index (χ2n) is 6.06. The number of quaternary nitrogens is 1. The number of hydrogen-bond acceptors (Lipinski definition) is 2. The average molecular weight is 244 g/mol. The summed E-state index contributed by atoms with van der Waals surface area (Å²) in [6.07, 6.45) is 2.90. The molecule has 0 aromatic rings. The Bertz CT molecular complexity index is 234. The van der Waals surface area contributed by atoms with Crippen LogP contribution in [0.1, 0.15) is 47.0 Å². The molecule has 102 valence electrons. The van der Waals surface area contributed by atoms with Crippen molar-refractivity contribution in [3.05, 3.63) is 0 Å². The van der Waals surface area contributed by atoms with Gasteiger partial charge in [0.2, 0.25) is 0 Å². The third kappa shape index (κ3) is 6.67. The Labute approximate surface area is 107 Å². The maximum Gasteiger partial charge on any atom is 0.311 e. The first-order valence-corrected chi connectivity index (χ1v) is 6.74. The summed E-state index contributed by atoms with van der Waals surface area (Å²) >= 11 is 0. The number of rotatable bonds is 8. The summed E-state index contributed by atoms with van der Waals surface area (Å²) in [6, 6.07) is 0. The third-order valence-corrected chi connectivity index (χ3v) is 3.68. The number of esters is 1. The molecule has 0 spiro atoms. The Morgan fingerprint density at radius 1 is 1.18 bits per heavy atom. The summed E-state index contributed by atoms with van der Waals surface area (Å²) in [5, 5.41) is 0. The molecule has 0 aromatic carbocycles. The predicted octanol–water partition coefficient (Wildman–Crippen LogP) is 2.84. The molecular weight excluding hydrogens is 214 g/mol. The van der Waals surface area contributed by atoms with Crippen LogP contribution in [0.5, 0.6) is 0 Å². The molecule has 3 nitrogen and oxygen atoms in total. The van der Waals surface area contributed by atoms with Crippen molar-refractivity contribution >= 4 is 5.97 Å². The number of hydrogen-bond donors (Lipinski definition) is 0. The van der Waals surface area contributed by atoms with Gasteiger partial charge in [0.15, 0.2) is 0 Å². The lowest BCUT2D eigenvalue weighted by Crippen LogP contribution is -2.40. The minimum Gasteiger partial charge on any atom is -0.465 e. The van der Waals surface area contributed by atoms with Gasteiger partial charge < -0.3 is 9.22 Å². The molecule has 0 saturated carbocycles. The highest BCUT2D eigenvalue weighted by molar-refractivity contribution is 5.75. The Balaban J connectivity index is 3.70. The van der Waals surface area contributed by atoms with Gasteiger partial charge in [-0.15, -0.1) is 0 Å². The predicted molar refractivity (Wildman–Crippen MR) is 71.8 cm³/mol. The summed E-state index contributed by atoms with van der Waals surface area (Å²) in [6.45, 7) is 10.9. The molecule has 0 heterocycles. The summed E-state index contributed by atoms with van der Waals surface area (Å²) in [5.74, 6) is -0.0655. The second kappa shape index (κ2) is 7.00. The zero-order valence-electron chi connectivity index (χ0n) is 12.5. The van der Waals surface area contributed by atoms with Gasteiger partial charge in [0.05, 0.1) is 39.2 Å². The molecule has 0 saturated heterocycles. The quantitative estimate of drug-likeness (QED) is 0.373. The lowest BCUT2D eigenvalue weighted by molar-refractivity contribution is -0.888. The molecule has 3 heteroatoms. The normalized spacial score (nSPS) is 12.6. The van der Waals surface area contributed by atoms with Crippen LogP contribution >= 0.6 is 0 Å². The number of ether oxygens (including phenoxy) is 1. The van der Waals surface area contributed by atoms with Crippen molar-refractivity contribution in [1.29, 1.82) is 0 Å². The number of unbranched alkanes of at least 4 members (excludes halogenated alkanes) is 1. The Morgan fingerprint density at radius 3 is 2.24 bits per heavy atom. The van der Waals surface area contributed by atoms with Gasteiger partial charge in [-0.05, 0) is 40.0 Å². The van der Waals surface area contributed by atoms with E-state index >= 15 is 0 Å². The minimum absolute atomic E-state index is 0.0655. The SMILES string of the molecule is CCC(C)(C)C(=O)OCCCC[N+](C)(C)CC. The molecule has 0 aliphatic heterocycles. The summed E-state index contributed by atoms with van der Waals surface area (Å²) in [7, 11) is 4.46. The molecule has 17 heavy (non-hydrogen) atoms. The zero-order chi connectivity index (χ0) is 13.5. The summed E-state index contributed by atoms with van der Waals surface area (Å²) < 4.78 is 6.34. The maximum atomic E-state index is 11.7. The molecule has 0 amide bonds. The monoisotopic (exact) mass is 244 g/mol. The minimum atomic E-state index is -0.335. The van der Waals surface area contributed by atoms with Gasteiger partial charge in [0, 0.05) is 0 Å². The molecule has 0 atom stereocenters. The van der Waals surface area contributed by atoms with Crippen molar-refractivity contribution in [3.8, 4) is 0 Å². The van der Waals surface area contributed by atoms with E-state index in [0.29, 0.717) is 6.61 Å². The van der Waals surface area contributed by atoms with Crippen molar-refractivity contribution in [2.45, 2.75) is 47.0 Å². The molecule has 0 aliphatic rings.